The monoisotopic (exact) mass is 167 g/mol. The van der Waals surface area contributed by atoms with Gasteiger partial charge in [0.15, 0.2) is 0 Å². The second-order valence-corrected chi connectivity index (χ2v) is 3.15. The minimum atomic E-state index is -0.183. The molecule has 0 amide bonds. The van der Waals surface area contributed by atoms with Crippen molar-refractivity contribution in [2.75, 3.05) is 20.6 Å². The van der Waals surface area contributed by atoms with Crippen LogP contribution in [0.15, 0.2) is 0 Å². The topological polar surface area (TPSA) is 50.9 Å². The van der Waals surface area contributed by atoms with Gasteiger partial charge in [0.25, 0.3) is 0 Å². The maximum absolute atomic E-state index is 8.73. The summed E-state index contributed by atoms with van der Waals surface area (Å²) in [7, 11) is 3.95. The Kier molecular flexibility index (Phi) is 5.31. The third-order valence-electron chi connectivity index (χ3n) is 1.82. The molecule has 3 nitrogen and oxygen atoms in total. The molecule has 0 spiro atoms. The number of hydrogen-bond donors (Lipinski definition) is 1. The summed E-state index contributed by atoms with van der Waals surface area (Å²) in [5.41, 5.74) is 0.555. The van der Waals surface area contributed by atoms with Gasteiger partial charge in [0.2, 0.25) is 0 Å². The van der Waals surface area contributed by atoms with Crippen LogP contribution in [0.2, 0.25) is 0 Å². The lowest BCUT2D eigenvalue weighted by Crippen LogP contribution is -2.20. The van der Waals surface area contributed by atoms with Gasteiger partial charge in [-0.3, -0.25) is 0 Å². The van der Waals surface area contributed by atoms with Crippen molar-refractivity contribution in [2.45, 2.75) is 19.8 Å². The molecule has 1 unspecified atom stereocenters. The highest BCUT2D eigenvalue weighted by atomic mass is 15.0. The lowest BCUT2D eigenvalue weighted by atomic mass is 9.99. The standard InChI is InChI=1S/C9H17N3/c1-4-9(11)8(7-10)5-6-12(2)3/h8,11H,4-6H2,1-3H3. The molecule has 0 fully saturated rings. The van der Waals surface area contributed by atoms with Crippen molar-refractivity contribution < 1.29 is 0 Å². The second kappa shape index (κ2) is 5.73. The van der Waals surface area contributed by atoms with E-state index in [9.17, 15) is 0 Å². The Bertz CT molecular complexity index is 179. The Morgan fingerprint density at radius 3 is 2.50 bits per heavy atom. The fourth-order valence-electron chi connectivity index (χ4n) is 0.950. The van der Waals surface area contributed by atoms with Crippen LogP contribution >= 0.6 is 0 Å². The zero-order valence-corrected chi connectivity index (χ0v) is 8.09. The molecule has 0 saturated carbocycles. The van der Waals surface area contributed by atoms with Crippen molar-refractivity contribution in [1.29, 1.82) is 10.7 Å². The zero-order chi connectivity index (χ0) is 9.56. The molecule has 3 heteroatoms. The summed E-state index contributed by atoms with van der Waals surface area (Å²) in [4.78, 5) is 2.04. The Morgan fingerprint density at radius 2 is 2.17 bits per heavy atom. The summed E-state index contributed by atoms with van der Waals surface area (Å²) in [6.45, 7) is 2.79. The van der Waals surface area contributed by atoms with E-state index in [0.29, 0.717) is 12.1 Å². The predicted molar refractivity (Wildman–Crippen MR) is 50.3 cm³/mol. The normalized spacial score (nSPS) is 12.6. The molecule has 0 aliphatic rings. The summed E-state index contributed by atoms with van der Waals surface area (Å²) < 4.78 is 0. The maximum Gasteiger partial charge on any atom is 0.0850 e. The second-order valence-electron chi connectivity index (χ2n) is 3.15. The first-order valence-corrected chi connectivity index (χ1v) is 4.23. The molecular weight excluding hydrogens is 150 g/mol. The molecule has 0 aliphatic carbocycles. The summed E-state index contributed by atoms with van der Waals surface area (Å²) >= 11 is 0. The molecule has 0 rings (SSSR count). The molecule has 1 N–H and O–H groups in total. The number of rotatable bonds is 5. The fraction of sp³-hybridized carbons (Fsp3) is 0.778. The van der Waals surface area contributed by atoms with Gasteiger partial charge in [-0.2, -0.15) is 5.26 Å². The molecule has 68 valence electrons. The predicted octanol–water partition coefficient (Wildman–Crippen LogP) is 1.51. The Balaban J connectivity index is 3.86. The molecule has 0 saturated heterocycles. The minimum absolute atomic E-state index is 0.183. The molecule has 0 bridgehead atoms. The first-order valence-electron chi connectivity index (χ1n) is 4.23. The highest BCUT2D eigenvalue weighted by Gasteiger charge is 2.11. The third kappa shape index (κ3) is 4.09. The molecule has 0 aromatic heterocycles. The maximum atomic E-state index is 8.73. The summed E-state index contributed by atoms with van der Waals surface area (Å²) in [6.07, 6.45) is 1.46. The third-order valence-corrected chi connectivity index (χ3v) is 1.82. The van der Waals surface area contributed by atoms with Crippen LogP contribution in [-0.2, 0) is 0 Å². The van der Waals surface area contributed by atoms with Crippen LogP contribution in [0.1, 0.15) is 19.8 Å². The van der Waals surface area contributed by atoms with Crippen LogP contribution in [-0.4, -0.2) is 31.3 Å². The van der Waals surface area contributed by atoms with Gasteiger partial charge in [0, 0.05) is 5.71 Å². The Morgan fingerprint density at radius 1 is 1.58 bits per heavy atom. The number of hydrogen-bond acceptors (Lipinski definition) is 3. The first kappa shape index (κ1) is 11.1. The molecule has 0 aromatic carbocycles. The SMILES string of the molecule is CCC(=N)C(C#N)CCN(C)C. The quantitative estimate of drug-likeness (QED) is 0.631. The Labute approximate surface area is 74.5 Å². The van der Waals surface area contributed by atoms with E-state index in [1.807, 2.05) is 25.9 Å². The summed E-state index contributed by atoms with van der Waals surface area (Å²) in [5.74, 6) is -0.183. The minimum Gasteiger partial charge on any atom is -0.309 e. The highest BCUT2D eigenvalue weighted by Crippen LogP contribution is 2.06. The van der Waals surface area contributed by atoms with Gasteiger partial charge in [0.05, 0.1) is 12.0 Å². The molecular formula is C9H17N3. The lowest BCUT2D eigenvalue weighted by Gasteiger charge is -2.12. The van der Waals surface area contributed by atoms with E-state index in [4.69, 9.17) is 10.7 Å². The van der Waals surface area contributed by atoms with Crippen molar-refractivity contribution >= 4 is 5.71 Å². The van der Waals surface area contributed by atoms with Gasteiger partial charge in [-0.15, -0.1) is 0 Å². The van der Waals surface area contributed by atoms with Gasteiger partial charge in [-0.25, -0.2) is 0 Å². The van der Waals surface area contributed by atoms with Gasteiger partial charge in [-0.05, 0) is 33.5 Å². The van der Waals surface area contributed by atoms with Crippen LogP contribution in [0.3, 0.4) is 0 Å². The van der Waals surface area contributed by atoms with Crippen LogP contribution in [0, 0.1) is 22.7 Å². The van der Waals surface area contributed by atoms with Gasteiger partial charge >= 0.3 is 0 Å². The van der Waals surface area contributed by atoms with Crippen molar-refractivity contribution in [3.05, 3.63) is 0 Å². The fourth-order valence-corrected chi connectivity index (χ4v) is 0.950. The molecule has 0 aliphatic heterocycles. The summed E-state index contributed by atoms with van der Waals surface area (Å²) in [5, 5.41) is 16.2. The van der Waals surface area contributed by atoms with Gasteiger partial charge < -0.3 is 10.3 Å². The average molecular weight is 167 g/mol. The number of nitrogens with zero attached hydrogens (tertiary/aromatic N) is 2. The molecule has 0 radical (unpaired) electrons. The largest absolute Gasteiger partial charge is 0.309 e. The van der Waals surface area contributed by atoms with Crippen LogP contribution in [0.25, 0.3) is 0 Å². The van der Waals surface area contributed by atoms with Crippen molar-refractivity contribution in [3.8, 4) is 6.07 Å². The van der Waals surface area contributed by atoms with Crippen molar-refractivity contribution in [1.82, 2.24) is 4.90 Å². The van der Waals surface area contributed by atoms with Gasteiger partial charge in [-0.1, -0.05) is 6.92 Å². The molecule has 0 heterocycles. The van der Waals surface area contributed by atoms with E-state index >= 15 is 0 Å². The average Bonchev–Trinajstić information content (AvgIpc) is 2.04. The van der Waals surface area contributed by atoms with Crippen LogP contribution in [0.4, 0.5) is 0 Å². The van der Waals surface area contributed by atoms with E-state index in [2.05, 4.69) is 6.07 Å². The molecule has 0 aromatic rings. The van der Waals surface area contributed by atoms with Crippen LogP contribution < -0.4 is 0 Å². The van der Waals surface area contributed by atoms with E-state index in [0.717, 1.165) is 13.0 Å². The molecule has 12 heavy (non-hydrogen) atoms. The highest BCUT2D eigenvalue weighted by molar-refractivity contribution is 5.85. The van der Waals surface area contributed by atoms with E-state index in [-0.39, 0.29) is 5.92 Å². The number of nitriles is 1. The smallest absolute Gasteiger partial charge is 0.0850 e. The zero-order valence-electron chi connectivity index (χ0n) is 8.09. The van der Waals surface area contributed by atoms with Crippen molar-refractivity contribution in [3.63, 3.8) is 0 Å². The molecule has 1 atom stereocenters. The lowest BCUT2D eigenvalue weighted by molar-refractivity contribution is 0.392. The van der Waals surface area contributed by atoms with Crippen LogP contribution in [0.5, 0.6) is 0 Å². The van der Waals surface area contributed by atoms with E-state index in [1.165, 1.54) is 0 Å². The van der Waals surface area contributed by atoms with Crippen molar-refractivity contribution in [2.24, 2.45) is 5.92 Å². The van der Waals surface area contributed by atoms with Gasteiger partial charge in [0.1, 0.15) is 0 Å². The van der Waals surface area contributed by atoms with E-state index < -0.39 is 0 Å². The van der Waals surface area contributed by atoms with E-state index in [1.54, 1.807) is 0 Å². The first-order chi connectivity index (χ1) is 5.61. The summed E-state index contributed by atoms with van der Waals surface area (Å²) in [6, 6.07) is 2.16. The Hall–Kier alpha value is -0.880. The number of nitrogens with one attached hydrogen (secondary N) is 1.